The van der Waals surface area contributed by atoms with Crippen LogP contribution in [0.1, 0.15) is 71.1 Å². The summed E-state index contributed by atoms with van der Waals surface area (Å²) in [4.78, 5) is 23.6. The number of carbonyl (C=O) groups excluding carboxylic acids is 2. The van der Waals surface area contributed by atoms with Gasteiger partial charge >= 0.3 is 65.4 Å². The molecule has 0 saturated carbocycles. The molecule has 0 aromatic heterocycles. The second-order valence-electron chi connectivity index (χ2n) is 8.17. The van der Waals surface area contributed by atoms with Crippen LogP contribution >= 0.6 is 0 Å². The average molecular weight is 608 g/mol. The molecular weight excluding hydrogens is 578 g/mol. The standard InChI is InChI=1S/C20H29F9O7S.Na.H/c1-2-3-4-5-6-7-8-9-11-35-15(30)13-14(37(32,33)34)16(31)36-12-10-17(21,22)18(23,24)19(25,26)20(27,28)29;;/h14H,2-13H2,1H3,(H,32,33,34);;. The Hall–Kier alpha value is -0.780. The predicted molar refractivity (Wildman–Crippen MR) is 117 cm³/mol. The van der Waals surface area contributed by atoms with Gasteiger partial charge in [-0.3, -0.25) is 14.1 Å². The Morgan fingerprint density at radius 1 is 0.763 bits per heavy atom. The molecule has 0 aliphatic heterocycles. The molecule has 0 spiro atoms. The van der Waals surface area contributed by atoms with E-state index in [1.54, 1.807) is 0 Å². The van der Waals surface area contributed by atoms with E-state index in [1.807, 2.05) is 0 Å². The van der Waals surface area contributed by atoms with E-state index >= 15 is 0 Å². The zero-order valence-corrected chi connectivity index (χ0v) is 20.6. The summed E-state index contributed by atoms with van der Waals surface area (Å²) in [6.45, 7) is -0.0722. The van der Waals surface area contributed by atoms with Gasteiger partial charge in [-0.1, -0.05) is 51.9 Å². The van der Waals surface area contributed by atoms with Gasteiger partial charge in [0.1, 0.15) is 0 Å². The first-order valence-corrected chi connectivity index (χ1v) is 12.7. The third-order valence-corrected chi connectivity index (χ3v) is 6.18. The fourth-order valence-corrected chi connectivity index (χ4v) is 3.54. The van der Waals surface area contributed by atoms with Gasteiger partial charge in [-0.2, -0.15) is 47.9 Å². The Bertz CT molecular complexity index is 837. The van der Waals surface area contributed by atoms with Crippen molar-refractivity contribution in [2.24, 2.45) is 0 Å². The number of alkyl halides is 9. The monoisotopic (exact) mass is 608 g/mol. The molecule has 7 nitrogen and oxygen atoms in total. The van der Waals surface area contributed by atoms with Gasteiger partial charge in [0.15, 0.2) is 5.25 Å². The van der Waals surface area contributed by atoms with Gasteiger partial charge in [0.05, 0.1) is 26.1 Å². The SMILES string of the molecule is CCCCCCCCCCOC(=O)CC(C(=O)OCCC(F)(F)C(F)(F)C(F)(F)C(F)(F)F)S(=O)(=O)O.[NaH]. The van der Waals surface area contributed by atoms with Crippen LogP contribution in [0.5, 0.6) is 0 Å². The van der Waals surface area contributed by atoms with Crippen molar-refractivity contribution in [1.82, 2.24) is 0 Å². The van der Waals surface area contributed by atoms with E-state index in [9.17, 15) is 57.5 Å². The molecule has 0 aliphatic rings. The van der Waals surface area contributed by atoms with Crippen LogP contribution in [-0.4, -0.2) is 96.9 Å². The van der Waals surface area contributed by atoms with E-state index in [0.717, 1.165) is 38.5 Å². The van der Waals surface area contributed by atoms with E-state index in [4.69, 9.17) is 9.29 Å². The second-order valence-corrected chi connectivity index (χ2v) is 9.77. The number of hydrogen-bond donors (Lipinski definition) is 1. The molecule has 0 aliphatic carbocycles. The van der Waals surface area contributed by atoms with E-state index in [1.165, 1.54) is 0 Å². The maximum atomic E-state index is 13.5. The van der Waals surface area contributed by atoms with Crippen LogP contribution < -0.4 is 0 Å². The number of unbranched alkanes of at least 4 members (excludes halogenated alkanes) is 7. The molecule has 1 N–H and O–H groups in total. The van der Waals surface area contributed by atoms with Crippen molar-refractivity contribution in [3.8, 4) is 0 Å². The molecule has 0 radical (unpaired) electrons. The Balaban J connectivity index is 0. The molecule has 0 fully saturated rings. The van der Waals surface area contributed by atoms with Crippen LogP contribution in [0.25, 0.3) is 0 Å². The minimum atomic E-state index is -7.15. The Morgan fingerprint density at radius 3 is 1.68 bits per heavy atom. The molecule has 18 heteroatoms. The Labute approximate surface area is 236 Å². The summed E-state index contributed by atoms with van der Waals surface area (Å²) in [5, 5.41) is -2.75. The van der Waals surface area contributed by atoms with Crippen molar-refractivity contribution < 1.29 is 71.5 Å². The number of halogens is 9. The van der Waals surface area contributed by atoms with Crippen LogP contribution in [0.3, 0.4) is 0 Å². The fourth-order valence-electron chi connectivity index (χ4n) is 2.88. The molecule has 38 heavy (non-hydrogen) atoms. The molecule has 0 aromatic carbocycles. The molecule has 222 valence electrons. The van der Waals surface area contributed by atoms with Crippen LogP contribution in [0, 0.1) is 0 Å². The van der Waals surface area contributed by atoms with E-state index in [0.29, 0.717) is 12.8 Å². The number of ether oxygens (including phenoxy) is 2. The van der Waals surface area contributed by atoms with Crippen molar-refractivity contribution in [3.63, 3.8) is 0 Å². The van der Waals surface area contributed by atoms with Crippen LogP contribution in [0.15, 0.2) is 0 Å². The third kappa shape index (κ3) is 12.2. The van der Waals surface area contributed by atoms with Crippen molar-refractivity contribution in [1.29, 1.82) is 0 Å². The molecule has 0 saturated heterocycles. The van der Waals surface area contributed by atoms with E-state index < -0.39 is 70.7 Å². The fraction of sp³-hybridized carbons (Fsp3) is 0.900. The molecular formula is C20H30F9NaO7S. The summed E-state index contributed by atoms with van der Waals surface area (Å²) in [5.41, 5.74) is 0. The van der Waals surface area contributed by atoms with E-state index in [2.05, 4.69) is 11.7 Å². The summed E-state index contributed by atoms with van der Waals surface area (Å²) in [5.74, 6) is -23.6. The van der Waals surface area contributed by atoms with Crippen LogP contribution in [0.2, 0.25) is 0 Å². The number of esters is 2. The molecule has 0 heterocycles. The quantitative estimate of drug-likeness (QED) is 0.0762. The van der Waals surface area contributed by atoms with Crippen LogP contribution in [-0.2, 0) is 29.2 Å². The number of hydrogen-bond acceptors (Lipinski definition) is 6. The van der Waals surface area contributed by atoms with Crippen molar-refractivity contribution in [3.05, 3.63) is 0 Å². The molecule has 0 aromatic rings. The number of carbonyl (C=O) groups is 2. The summed E-state index contributed by atoms with van der Waals surface area (Å²) in [6.07, 6.45) is -3.85. The topological polar surface area (TPSA) is 107 Å². The summed E-state index contributed by atoms with van der Waals surface area (Å²) >= 11 is 0. The predicted octanol–water partition coefficient (Wildman–Crippen LogP) is 5.07. The van der Waals surface area contributed by atoms with Crippen molar-refractivity contribution in [2.75, 3.05) is 13.2 Å². The van der Waals surface area contributed by atoms with Gasteiger partial charge in [-0.15, -0.1) is 0 Å². The van der Waals surface area contributed by atoms with Gasteiger partial charge in [0.2, 0.25) is 0 Å². The maximum absolute atomic E-state index is 13.5. The first-order chi connectivity index (χ1) is 16.7. The average Bonchev–Trinajstić information content (AvgIpc) is 2.74. The Kier molecular flexibility index (Phi) is 17.1. The number of rotatable bonds is 18. The normalized spacial score (nSPS) is 14.0. The molecule has 0 rings (SSSR count). The third-order valence-electron chi connectivity index (χ3n) is 5.11. The second kappa shape index (κ2) is 16.5. The molecule has 0 bridgehead atoms. The molecule has 1 atom stereocenters. The summed E-state index contributed by atoms with van der Waals surface area (Å²) in [7, 11) is -5.43. The zero-order chi connectivity index (χ0) is 29.1. The van der Waals surface area contributed by atoms with Crippen molar-refractivity contribution >= 4 is 51.6 Å². The van der Waals surface area contributed by atoms with Gasteiger partial charge in [-0.05, 0) is 6.42 Å². The summed E-state index contributed by atoms with van der Waals surface area (Å²) < 4.78 is 156. The van der Waals surface area contributed by atoms with Crippen LogP contribution in [0.4, 0.5) is 39.5 Å². The van der Waals surface area contributed by atoms with E-state index in [-0.39, 0.29) is 36.2 Å². The first-order valence-electron chi connectivity index (χ1n) is 11.2. The van der Waals surface area contributed by atoms with Gasteiger partial charge in [-0.25, -0.2) is 0 Å². The minimum absolute atomic E-state index is 0. The Morgan fingerprint density at radius 2 is 1.24 bits per heavy atom. The van der Waals surface area contributed by atoms with Gasteiger partial charge < -0.3 is 9.47 Å². The molecule has 0 amide bonds. The molecule has 1 unspecified atom stereocenters. The van der Waals surface area contributed by atoms with Gasteiger partial charge in [0.25, 0.3) is 10.1 Å². The zero-order valence-electron chi connectivity index (χ0n) is 19.8. The summed E-state index contributed by atoms with van der Waals surface area (Å²) in [6, 6.07) is 0. The van der Waals surface area contributed by atoms with Crippen molar-refractivity contribution in [2.45, 2.75) is 100 Å². The first kappa shape index (κ1) is 39.4. The van der Waals surface area contributed by atoms with Gasteiger partial charge in [0, 0.05) is 0 Å².